The summed E-state index contributed by atoms with van der Waals surface area (Å²) in [6, 6.07) is 16.9. The van der Waals surface area contributed by atoms with Crippen molar-refractivity contribution in [3.8, 4) is 11.4 Å². The van der Waals surface area contributed by atoms with Crippen molar-refractivity contribution in [3.63, 3.8) is 0 Å². The minimum atomic E-state index is 0.855. The van der Waals surface area contributed by atoms with Gasteiger partial charge in [0.1, 0.15) is 0 Å². The quantitative estimate of drug-likeness (QED) is 0.606. The number of thioether (sulfide) groups is 1. The summed E-state index contributed by atoms with van der Waals surface area (Å²) in [4.78, 5) is 2.10. The van der Waals surface area contributed by atoms with Gasteiger partial charge in [-0.05, 0) is 49.2 Å². The number of nitrogens with zero attached hydrogens (tertiary/aromatic N) is 4. The summed E-state index contributed by atoms with van der Waals surface area (Å²) < 4.78 is 2.19. The van der Waals surface area contributed by atoms with E-state index in [-0.39, 0.29) is 0 Å². The number of hydrogen-bond acceptors (Lipinski definition) is 4. The molecule has 2 aromatic carbocycles. The Morgan fingerprint density at radius 1 is 1.00 bits per heavy atom. The molecule has 5 heteroatoms. The minimum absolute atomic E-state index is 0.855. The van der Waals surface area contributed by atoms with Crippen LogP contribution in [0.3, 0.4) is 0 Å². The maximum atomic E-state index is 4.44. The third kappa shape index (κ3) is 3.87. The van der Waals surface area contributed by atoms with Gasteiger partial charge in [0.25, 0.3) is 0 Å². The molecule has 0 bridgehead atoms. The van der Waals surface area contributed by atoms with Crippen molar-refractivity contribution >= 4 is 17.4 Å². The van der Waals surface area contributed by atoms with Gasteiger partial charge in [-0.25, -0.2) is 0 Å². The lowest BCUT2D eigenvalue weighted by Gasteiger charge is -2.13. The van der Waals surface area contributed by atoms with E-state index < -0.39 is 0 Å². The molecule has 0 spiro atoms. The largest absolute Gasteiger partial charge is 0.378 e. The van der Waals surface area contributed by atoms with Gasteiger partial charge in [-0.3, -0.25) is 0 Å². The van der Waals surface area contributed by atoms with E-state index in [2.05, 4.69) is 82.0 Å². The Morgan fingerprint density at radius 3 is 2.36 bits per heavy atom. The zero-order valence-electron chi connectivity index (χ0n) is 15.2. The van der Waals surface area contributed by atoms with Crippen LogP contribution in [0.15, 0.2) is 53.7 Å². The maximum Gasteiger partial charge on any atom is 0.191 e. The molecule has 3 aromatic rings. The van der Waals surface area contributed by atoms with Gasteiger partial charge in [0.2, 0.25) is 0 Å². The zero-order chi connectivity index (χ0) is 17.8. The van der Waals surface area contributed by atoms with Gasteiger partial charge in [-0.2, -0.15) is 0 Å². The third-order valence-electron chi connectivity index (χ3n) is 4.29. The monoisotopic (exact) mass is 352 g/mol. The van der Waals surface area contributed by atoms with Gasteiger partial charge in [0, 0.05) is 37.6 Å². The molecule has 0 aliphatic rings. The average molecular weight is 353 g/mol. The van der Waals surface area contributed by atoms with Crippen molar-refractivity contribution in [1.82, 2.24) is 14.8 Å². The molecule has 0 fully saturated rings. The predicted octanol–water partition coefficient (Wildman–Crippen LogP) is 4.63. The summed E-state index contributed by atoms with van der Waals surface area (Å²) in [6.45, 7) is 5.14. The van der Waals surface area contributed by atoms with E-state index in [4.69, 9.17) is 0 Å². The Balaban J connectivity index is 1.82. The average Bonchev–Trinajstić information content (AvgIpc) is 3.04. The second kappa shape index (κ2) is 7.74. The smallest absolute Gasteiger partial charge is 0.191 e. The summed E-state index contributed by atoms with van der Waals surface area (Å²) in [5, 5.41) is 9.85. The Morgan fingerprint density at radius 2 is 1.72 bits per heavy atom. The highest BCUT2D eigenvalue weighted by Crippen LogP contribution is 2.28. The van der Waals surface area contributed by atoms with Crippen LogP contribution in [0.25, 0.3) is 11.4 Å². The summed E-state index contributed by atoms with van der Waals surface area (Å²) in [7, 11) is 4.09. The molecule has 1 heterocycles. The van der Waals surface area contributed by atoms with E-state index in [1.807, 2.05) is 14.1 Å². The van der Waals surface area contributed by atoms with Crippen LogP contribution in [0, 0.1) is 6.92 Å². The molecule has 0 unspecified atom stereocenters. The first-order valence-electron chi connectivity index (χ1n) is 8.48. The van der Waals surface area contributed by atoms with E-state index in [1.54, 1.807) is 11.8 Å². The maximum absolute atomic E-state index is 4.44. The zero-order valence-corrected chi connectivity index (χ0v) is 16.0. The molecule has 0 amide bonds. The highest BCUT2D eigenvalue weighted by molar-refractivity contribution is 7.98. The fraction of sp³-hybridized carbons (Fsp3) is 0.300. The Labute approximate surface area is 153 Å². The molecule has 0 atom stereocenters. The lowest BCUT2D eigenvalue weighted by atomic mass is 10.1. The molecular formula is C20H24N4S. The van der Waals surface area contributed by atoms with Gasteiger partial charge in [-0.15, -0.1) is 10.2 Å². The van der Waals surface area contributed by atoms with E-state index in [0.717, 1.165) is 28.8 Å². The molecule has 0 aliphatic carbocycles. The fourth-order valence-electron chi connectivity index (χ4n) is 2.72. The summed E-state index contributed by atoms with van der Waals surface area (Å²) in [5.41, 5.74) is 4.94. The molecule has 0 radical (unpaired) electrons. The molecular weight excluding hydrogens is 328 g/mol. The SMILES string of the molecule is CCn1c(SCc2ccccc2C)nnc1-c1ccc(N(C)C)cc1. The number of aryl methyl sites for hydroxylation is 1. The summed E-state index contributed by atoms with van der Waals surface area (Å²) in [5.74, 6) is 1.84. The summed E-state index contributed by atoms with van der Waals surface area (Å²) in [6.07, 6.45) is 0. The van der Waals surface area contributed by atoms with E-state index in [1.165, 1.54) is 16.8 Å². The van der Waals surface area contributed by atoms with Crippen molar-refractivity contribution in [3.05, 3.63) is 59.7 Å². The lowest BCUT2D eigenvalue weighted by Crippen LogP contribution is -2.08. The normalized spacial score (nSPS) is 10.9. The topological polar surface area (TPSA) is 34.0 Å². The molecule has 25 heavy (non-hydrogen) atoms. The molecule has 0 aliphatic heterocycles. The number of rotatable bonds is 6. The van der Waals surface area contributed by atoms with Crippen molar-refractivity contribution in [1.29, 1.82) is 0 Å². The van der Waals surface area contributed by atoms with Crippen LogP contribution in [0.4, 0.5) is 5.69 Å². The molecule has 1 aromatic heterocycles. The Hall–Kier alpha value is -2.27. The number of hydrogen-bond donors (Lipinski definition) is 0. The number of aromatic nitrogens is 3. The van der Waals surface area contributed by atoms with Crippen LogP contribution in [0.5, 0.6) is 0 Å². The fourth-order valence-corrected chi connectivity index (χ4v) is 3.80. The first kappa shape index (κ1) is 17.5. The molecule has 0 saturated heterocycles. The molecule has 0 N–H and O–H groups in total. The van der Waals surface area contributed by atoms with Crippen LogP contribution in [0.2, 0.25) is 0 Å². The van der Waals surface area contributed by atoms with Gasteiger partial charge in [-0.1, -0.05) is 36.0 Å². The van der Waals surface area contributed by atoms with Gasteiger partial charge >= 0.3 is 0 Å². The molecule has 130 valence electrons. The Bertz CT molecular complexity index is 837. The van der Waals surface area contributed by atoms with Crippen LogP contribution < -0.4 is 4.90 Å². The molecule has 4 nitrogen and oxygen atoms in total. The van der Waals surface area contributed by atoms with Gasteiger partial charge < -0.3 is 9.47 Å². The van der Waals surface area contributed by atoms with E-state index in [9.17, 15) is 0 Å². The van der Waals surface area contributed by atoms with Crippen molar-refractivity contribution in [2.45, 2.75) is 31.3 Å². The minimum Gasteiger partial charge on any atom is -0.378 e. The highest BCUT2D eigenvalue weighted by atomic mass is 32.2. The summed E-state index contributed by atoms with van der Waals surface area (Å²) >= 11 is 1.74. The van der Waals surface area contributed by atoms with Crippen molar-refractivity contribution < 1.29 is 0 Å². The second-order valence-corrected chi connectivity index (χ2v) is 7.15. The van der Waals surface area contributed by atoms with Gasteiger partial charge in [0.05, 0.1) is 0 Å². The first-order chi connectivity index (χ1) is 12.1. The van der Waals surface area contributed by atoms with Crippen LogP contribution in [0.1, 0.15) is 18.1 Å². The standard InChI is InChI=1S/C20H24N4S/c1-5-24-19(16-10-12-18(13-11-16)23(3)4)21-22-20(24)25-14-17-9-7-6-8-15(17)2/h6-13H,5,14H2,1-4H3. The van der Waals surface area contributed by atoms with Crippen LogP contribution >= 0.6 is 11.8 Å². The van der Waals surface area contributed by atoms with Crippen LogP contribution in [-0.2, 0) is 12.3 Å². The third-order valence-corrected chi connectivity index (χ3v) is 5.31. The Kier molecular flexibility index (Phi) is 5.43. The number of benzene rings is 2. The van der Waals surface area contributed by atoms with Crippen molar-refractivity contribution in [2.24, 2.45) is 0 Å². The van der Waals surface area contributed by atoms with E-state index in [0.29, 0.717) is 0 Å². The second-order valence-electron chi connectivity index (χ2n) is 6.21. The number of anilines is 1. The van der Waals surface area contributed by atoms with Gasteiger partial charge in [0.15, 0.2) is 11.0 Å². The van der Waals surface area contributed by atoms with E-state index >= 15 is 0 Å². The van der Waals surface area contributed by atoms with Crippen LogP contribution in [-0.4, -0.2) is 28.9 Å². The first-order valence-corrected chi connectivity index (χ1v) is 9.47. The lowest BCUT2D eigenvalue weighted by molar-refractivity contribution is 0.687. The predicted molar refractivity (Wildman–Crippen MR) is 106 cm³/mol. The van der Waals surface area contributed by atoms with Crippen molar-refractivity contribution in [2.75, 3.05) is 19.0 Å². The molecule has 0 saturated carbocycles. The molecule has 3 rings (SSSR count). The highest BCUT2D eigenvalue weighted by Gasteiger charge is 2.13.